The standard InChI is InChI=1S/C14H21BrFNO/c1-5-18-14(9(2)3)13(17-4)11-8-10(15)6-7-12(11)16/h6-9,13-14,17H,5H2,1-4H3. The maximum atomic E-state index is 14.0. The van der Waals surface area contributed by atoms with Crippen LogP contribution in [0.25, 0.3) is 0 Å². The highest BCUT2D eigenvalue weighted by atomic mass is 79.9. The predicted octanol–water partition coefficient (Wildman–Crippen LogP) is 3.91. The van der Waals surface area contributed by atoms with Gasteiger partial charge in [0.25, 0.3) is 0 Å². The summed E-state index contributed by atoms with van der Waals surface area (Å²) in [6.45, 7) is 6.75. The zero-order valence-electron chi connectivity index (χ0n) is 11.3. The van der Waals surface area contributed by atoms with E-state index in [0.717, 1.165) is 4.47 Å². The molecule has 0 aliphatic rings. The van der Waals surface area contributed by atoms with E-state index >= 15 is 0 Å². The van der Waals surface area contributed by atoms with Crippen LogP contribution in [0.2, 0.25) is 0 Å². The molecule has 0 fully saturated rings. The summed E-state index contributed by atoms with van der Waals surface area (Å²) in [5.41, 5.74) is 0.638. The molecule has 0 saturated carbocycles. The lowest BCUT2D eigenvalue weighted by molar-refractivity contribution is 0.00379. The number of halogens is 2. The average molecular weight is 318 g/mol. The van der Waals surface area contributed by atoms with Gasteiger partial charge in [0.15, 0.2) is 0 Å². The first-order valence-corrected chi connectivity index (χ1v) is 7.04. The topological polar surface area (TPSA) is 21.3 Å². The van der Waals surface area contributed by atoms with E-state index in [2.05, 4.69) is 35.1 Å². The number of likely N-dealkylation sites (N-methyl/N-ethyl adjacent to an activating group) is 1. The van der Waals surface area contributed by atoms with Crippen molar-refractivity contribution in [2.45, 2.75) is 32.9 Å². The fraction of sp³-hybridized carbons (Fsp3) is 0.571. The second kappa shape index (κ2) is 7.22. The Morgan fingerprint density at radius 2 is 2.06 bits per heavy atom. The van der Waals surface area contributed by atoms with Crippen molar-refractivity contribution in [2.24, 2.45) is 5.92 Å². The third kappa shape index (κ3) is 3.77. The van der Waals surface area contributed by atoms with Gasteiger partial charge in [-0.3, -0.25) is 0 Å². The van der Waals surface area contributed by atoms with Gasteiger partial charge in [-0.25, -0.2) is 4.39 Å². The molecule has 1 N–H and O–H groups in total. The van der Waals surface area contributed by atoms with Gasteiger partial charge >= 0.3 is 0 Å². The smallest absolute Gasteiger partial charge is 0.128 e. The molecule has 0 amide bonds. The normalized spacial score (nSPS) is 14.8. The Hall–Kier alpha value is -0.450. The van der Waals surface area contributed by atoms with Crippen molar-refractivity contribution in [1.29, 1.82) is 0 Å². The van der Waals surface area contributed by atoms with E-state index in [0.29, 0.717) is 18.1 Å². The molecule has 1 aromatic rings. The first-order valence-electron chi connectivity index (χ1n) is 6.25. The second-order valence-electron chi connectivity index (χ2n) is 4.60. The third-order valence-corrected chi connectivity index (χ3v) is 3.44. The number of rotatable bonds is 6. The molecular formula is C14H21BrFNO. The van der Waals surface area contributed by atoms with Crippen LogP contribution in [0, 0.1) is 11.7 Å². The molecular weight excluding hydrogens is 297 g/mol. The van der Waals surface area contributed by atoms with E-state index in [-0.39, 0.29) is 18.0 Å². The summed E-state index contributed by atoms with van der Waals surface area (Å²) < 4.78 is 20.6. The van der Waals surface area contributed by atoms with Gasteiger partial charge in [-0.1, -0.05) is 29.8 Å². The molecule has 4 heteroatoms. The summed E-state index contributed by atoms with van der Waals surface area (Å²) in [6.07, 6.45) is -0.0520. The van der Waals surface area contributed by atoms with Crippen LogP contribution < -0.4 is 5.32 Å². The summed E-state index contributed by atoms with van der Waals surface area (Å²) in [7, 11) is 1.83. The van der Waals surface area contributed by atoms with Crippen LogP contribution in [0.1, 0.15) is 32.4 Å². The van der Waals surface area contributed by atoms with E-state index in [4.69, 9.17) is 4.74 Å². The monoisotopic (exact) mass is 317 g/mol. The Balaban J connectivity index is 3.10. The van der Waals surface area contributed by atoms with Crippen LogP contribution in [0.4, 0.5) is 4.39 Å². The van der Waals surface area contributed by atoms with Gasteiger partial charge in [-0.2, -0.15) is 0 Å². The van der Waals surface area contributed by atoms with E-state index < -0.39 is 0 Å². The van der Waals surface area contributed by atoms with E-state index in [1.807, 2.05) is 20.0 Å². The third-order valence-electron chi connectivity index (χ3n) is 2.95. The fourth-order valence-corrected chi connectivity index (χ4v) is 2.49. The second-order valence-corrected chi connectivity index (χ2v) is 5.51. The summed E-state index contributed by atoms with van der Waals surface area (Å²) in [5.74, 6) is 0.101. The first kappa shape index (κ1) is 15.6. The minimum absolute atomic E-state index is 0.0520. The molecule has 0 radical (unpaired) electrons. The van der Waals surface area contributed by atoms with Gasteiger partial charge in [0.1, 0.15) is 5.82 Å². The number of hydrogen-bond donors (Lipinski definition) is 1. The highest BCUT2D eigenvalue weighted by Gasteiger charge is 2.27. The summed E-state index contributed by atoms with van der Waals surface area (Å²) >= 11 is 3.38. The molecule has 0 spiro atoms. The molecule has 18 heavy (non-hydrogen) atoms. The van der Waals surface area contributed by atoms with Gasteiger partial charge in [-0.05, 0) is 38.1 Å². The van der Waals surface area contributed by atoms with Crippen molar-refractivity contribution in [3.8, 4) is 0 Å². The van der Waals surface area contributed by atoms with Gasteiger partial charge in [-0.15, -0.1) is 0 Å². The highest BCUT2D eigenvalue weighted by Crippen LogP contribution is 2.28. The lowest BCUT2D eigenvalue weighted by Crippen LogP contribution is -2.36. The van der Waals surface area contributed by atoms with Crippen LogP contribution in [0.15, 0.2) is 22.7 Å². The minimum Gasteiger partial charge on any atom is -0.376 e. The van der Waals surface area contributed by atoms with Crippen LogP contribution in [-0.4, -0.2) is 19.8 Å². The molecule has 0 heterocycles. The van der Waals surface area contributed by atoms with Crippen LogP contribution >= 0.6 is 15.9 Å². The molecule has 0 aromatic heterocycles. The Morgan fingerprint density at radius 1 is 1.39 bits per heavy atom. The fourth-order valence-electron chi connectivity index (χ4n) is 2.12. The zero-order chi connectivity index (χ0) is 13.7. The summed E-state index contributed by atoms with van der Waals surface area (Å²) in [6, 6.07) is 4.84. The maximum Gasteiger partial charge on any atom is 0.128 e. The van der Waals surface area contributed by atoms with E-state index in [9.17, 15) is 4.39 Å². The van der Waals surface area contributed by atoms with Crippen molar-refractivity contribution in [3.63, 3.8) is 0 Å². The Labute approximate surface area is 117 Å². The lowest BCUT2D eigenvalue weighted by Gasteiger charge is -2.30. The average Bonchev–Trinajstić information content (AvgIpc) is 2.33. The molecule has 0 aliphatic heterocycles. The van der Waals surface area contributed by atoms with Gasteiger partial charge in [0.2, 0.25) is 0 Å². The van der Waals surface area contributed by atoms with Crippen LogP contribution in [-0.2, 0) is 4.74 Å². The Morgan fingerprint density at radius 3 is 2.56 bits per heavy atom. The van der Waals surface area contributed by atoms with Crippen LogP contribution in [0.5, 0.6) is 0 Å². The molecule has 0 saturated heterocycles. The molecule has 102 valence electrons. The quantitative estimate of drug-likeness (QED) is 0.859. The van der Waals surface area contributed by atoms with Gasteiger partial charge in [0.05, 0.1) is 12.1 Å². The van der Waals surface area contributed by atoms with Gasteiger partial charge < -0.3 is 10.1 Å². The van der Waals surface area contributed by atoms with Crippen molar-refractivity contribution in [1.82, 2.24) is 5.32 Å². The van der Waals surface area contributed by atoms with E-state index in [1.165, 1.54) is 6.07 Å². The molecule has 1 rings (SSSR count). The summed E-state index contributed by atoms with van der Waals surface area (Å²) in [4.78, 5) is 0. The van der Waals surface area contributed by atoms with Crippen molar-refractivity contribution in [2.75, 3.05) is 13.7 Å². The van der Waals surface area contributed by atoms with Gasteiger partial charge in [0, 0.05) is 16.6 Å². The van der Waals surface area contributed by atoms with Crippen molar-refractivity contribution >= 4 is 15.9 Å². The number of hydrogen-bond acceptors (Lipinski definition) is 2. The van der Waals surface area contributed by atoms with Crippen molar-refractivity contribution < 1.29 is 9.13 Å². The largest absolute Gasteiger partial charge is 0.376 e. The Bertz CT molecular complexity index is 384. The highest BCUT2D eigenvalue weighted by molar-refractivity contribution is 9.10. The molecule has 2 unspecified atom stereocenters. The number of nitrogens with one attached hydrogen (secondary N) is 1. The first-order chi connectivity index (χ1) is 8.51. The SMILES string of the molecule is CCOC(C(C)C)C(NC)c1cc(Br)ccc1F. The molecule has 0 bridgehead atoms. The zero-order valence-corrected chi connectivity index (χ0v) is 12.9. The summed E-state index contributed by atoms with van der Waals surface area (Å²) in [5, 5.41) is 3.17. The molecule has 2 atom stereocenters. The molecule has 0 aliphatic carbocycles. The molecule has 1 aromatic carbocycles. The van der Waals surface area contributed by atoms with Crippen LogP contribution in [0.3, 0.4) is 0 Å². The Kier molecular flexibility index (Phi) is 6.26. The lowest BCUT2D eigenvalue weighted by atomic mass is 9.93. The molecule has 2 nitrogen and oxygen atoms in total. The maximum absolute atomic E-state index is 14.0. The predicted molar refractivity (Wildman–Crippen MR) is 76.2 cm³/mol. The number of ether oxygens (including phenoxy) is 1. The number of benzene rings is 1. The van der Waals surface area contributed by atoms with Crippen molar-refractivity contribution in [3.05, 3.63) is 34.1 Å². The van der Waals surface area contributed by atoms with E-state index in [1.54, 1.807) is 6.07 Å². The minimum atomic E-state index is -0.206.